The fraction of sp³-hybridized carbons (Fsp3) is 0.176. The van der Waals surface area contributed by atoms with Gasteiger partial charge in [-0.05, 0) is 108 Å². The van der Waals surface area contributed by atoms with Gasteiger partial charge in [0.25, 0.3) is 0 Å². The molecule has 0 aliphatic rings. The molecule has 0 unspecified atom stereocenters. The van der Waals surface area contributed by atoms with Gasteiger partial charge in [0.15, 0.2) is 0 Å². The summed E-state index contributed by atoms with van der Waals surface area (Å²) in [5, 5.41) is 0. The fourth-order valence-electron chi connectivity index (χ4n) is 6.63. The van der Waals surface area contributed by atoms with Gasteiger partial charge in [-0.25, -0.2) is 39.9 Å². The minimum Gasteiger partial charge on any atom is -0.244 e. The van der Waals surface area contributed by atoms with E-state index in [1.54, 1.807) is 25.3 Å². The number of aromatic nitrogens is 8. The third kappa shape index (κ3) is 4.41. The Morgan fingerprint density at radius 3 is 0.619 bits per heavy atom. The van der Waals surface area contributed by atoms with Gasteiger partial charge in [0.2, 0.25) is 0 Å². The van der Waals surface area contributed by atoms with Crippen LogP contribution in [-0.4, -0.2) is 39.9 Å². The van der Waals surface area contributed by atoms with Crippen molar-refractivity contribution < 1.29 is 0 Å². The Morgan fingerprint density at radius 2 is 0.429 bits per heavy atom. The van der Waals surface area contributed by atoms with Crippen LogP contribution in [0.2, 0.25) is 0 Å². The van der Waals surface area contributed by atoms with Gasteiger partial charge in [-0.15, -0.1) is 0 Å². The molecular weight excluding hydrogens is 520 g/mol. The van der Waals surface area contributed by atoms with Crippen LogP contribution >= 0.6 is 0 Å². The second kappa shape index (κ2) is 11.0. The van der Waals surface area contributed by atoms with Crippen molar-refractivity contribution in [1.29, 1.82) is 0 Å². The number of rotatable bonds is 5. The van der Waals surface area contributed by atoms with Gasteiger partial charge in [-0.2, -0.15) is 0 Å². The topological polar surface area (TPSA) is 103 Å². The lowest BCUT2D eigenvalue weighted by Gasteiger charge is -2.28. The lowest BCUT2D eigenvalue weighted by Crippen LogP contribution is -2.06. The van der Waals surface area contributed by atoms with E-state index in [2.05, 4.69) is 81.4 Å². The van der Waals surface area contributed by atoms with Gasteiger partial charge < -0.3 is 0 Å². The Balaban J connectivity index is 1.80. The molecule has 0 saturated carbocycles. The summed E-state index contributed by atoms with van der Waals surface area (Å²) in [5.41, 5.74) is 17.4. The molecule has 2 aromatic carbocycles. The predicted molar refractivity (Wildman–Crippen MR) is 164 cm³/mol. The van der Waals surface area contributed by atoms with Gasteiger partial charge in [-0.3, -0.25) is 0 Å². The highest BCUT2D eigenvalue weighted by Gasteiger charge is 2.27. The number of hydrogen-bond donors (Lipinski definition) is 0. The van der Waals surface area contributed by atoms with Gasteiger partial charge in [-0.1, -0.05) is 0 Å². The summed E-state index contributed by atoms with van der Waals surface area (Å²) < 4.78 is 0. The van der Waals surface area contributed by atoms with E-state index in [1.165, 1.54) is 0 Å². The Kier molecular flexibility index (Phi) is 7.04. The minimum absolute atomic E-state index is 0.961. The number of nitrogens with zero attached hydrogens (tertiary/aromatic N) is 8. The zero-order valence-corrected chi connectivity index (χ0v) is 24.5. The molecule has 6 rings (SSSR count). The molecule has 0 fully saturated rings. The minimum atomic E-state index is 0.961. The van der Waals surface area contributed by atoms with Crippen LogP contribution in [0.3, 0.4) is 0 Å². The third-order valence-electron chi connectivity index (χ3n) is 8.15. The molecule has 42 heavy (non-hydrogen) atoms. The first kappa shape index (κ1) is 27.0. The standard InChI is InChI=1S/C34H30N8/c1-19-29(25-7-35-15-36-8-25)21(3)33(22(4)30(19)26-9-37-16-38-10-26)34-23(5)31(27-11-39-17-40-12-27)20(2)32(24(34)6)28-13-41-18-42-14-28/h7-18H,1-6H3. The van der Waals surface area contributed by atoms with E-state index >= 15 is 0 Å². The molecule has 0 bridgehead atoms. The molecule has 0 amide bonds. The Bertz CT molecular complexity index is 1630. The van der Waals surface area contributed by atoms with Crippen molar-refractivity contribution in [2.24, 2.45) is 0 Å². The second-order valence-corrected chi connectivity index (χ2v) is 10.5. The monoisotopic (exact) mass is 550 g/mol. The molecule has 206 valence electrons. The highest BCUT2D eigenvalue weighted by atomic mass is 14.8. The van der Waals surface area contributed by atoms with Crippen LogP contribution in [0.1, 0.15) is 33.4 Å². The molecule has 8 nitrogen and oxygen atoms in total. The molecule has 4 heterocycles. The summed E-state index contributed by atoms with van der Waals surface area (Å²) in [5.74, 6) is 0. The first-order chi connectivity index (χ1) is 20.4. The van der Waals surface area contributed by atoms with E-state index in [4.69, 9.17) is 0 Å². The fourth-order valence-corrected chi connectivity index (χ4v) is 6.63. The Morgan fingerprint density at radius 1 is 0.262 bits per heavy atom. The maximum atomic E-state index is 4.36. The summed E-state index contributed by atoms with van der Waals surface area (Å²) >= 11 is 0. The molecule has 4 aromatic heterocycles. The van der Waals surface area contributed by atoms with Crippen LogP contribution < -0.4 is 0 Å². The van der Waals surface area contributed by atoms with Crippen molar-refractivity contribution in [3.05, 3.63) is 108 Å². The molecule has 0 aliphatic heterocycles. The van der Waals surface area contributed by atoms with Crippen LogP contribution in [0.15, 0.2) is 74.9 Å². The summed E-state index contributed by atoms with van der Waals surface area (Å²) in [6.07, 6.45) is 21.3. The molecule has 0 atom stereocenters. The van der Waals surface area contributed by atoms with Crippen LogP contribution in [0, 0.1) is 41.5 Å². The van der Waals surface area contributed by atoms with Crippen molar-refractivity contribution in [2.75, 3.05) is 0 Å². The molecule has 0 aliphatic carbocycles. The van der Waals surface area contributed by atoms with Crippen molar-refractivity contribution in [3.8, 4) is 55.6 Å². The van der Waals surface area contributed by atoms with E-state index in [9.17, 15) is 0 Å². The second-order valence-electron chi connectivity index (χ2n) is 10.5. The summed E-state index contributed by atoms with van der Waals surface area (Å²) in [4.78, 5) is 34.9. The number of hydrogen-bond acceptors (Lipinski definition) is 8. The van der Waals surface area contributed by atoms with E-state index in [0.717, 1.165) is 89.0 Å². The zero-order valence-electron chi connectivity index (χ0n) is 24.5. The van der Waals surface area contributed by atoms with Gasteiger partial charge in [0, 0.05) is 71.8 Å². The first-order valence-corrected chi connectivity index (χ1v) is 13.7. The molecule has 8 heteroatoms. The van der Waals surface area contributed by atoms with Gasteiger partial charge in [0.05, 0.1) is 0 Å². The van der Waals surface area contributed by atoms with Crippen molar-refractivity contribution in [2.45, 2.75) is 41.5 Å². The molecule has 0 radical (unpaired) electrons. The van der Waals surface area contributed by atoms with E-state index in [1.807, 2.05) is 49.6 Å². The molecule has 0 spiro atoms. The number of benzene rings is 2. The van der Waals surface area contributed by atoms with Crippen molar-refractivity contribution >= 4 is 0 Å². The summed E-state index contributed by atoms with van der Waals surface area (Å²) in [6, 6.07) is 0. The molecule has 0 saturated heterocycles. The summed E-state index contributed by atoms with van der Waals surface area (Å²) in [7, 11) is 0. The van der Waals surface area contributed by atoms with E-state index in [0.29, 0.717) is 0 Å². The lowest BCUT2D eigenvalue weighted by atomic mass is 9.76. The third-order valence-corrected chi connectivity index (χ3v) is 8.15. The maximum absolute atomic E-state index is 4.36. The Labute approximate surface area is 245 Å². The van der Waals surface area contributed by atoms with Crippen molar-refractivity contribution in [3.63, 3.8) is 0 Å². The predicted octanol–water partition coefficient (Wildman–Crippen LogP) is 7.03. The largest absolute Gasteiger partial charge is 0.244 e. The highest BCUT2D eigenvalue weighted by molar-refractivity contribution is 5.97. The lowest BCUT2D eigenvalue weighted by molar-refractivity contribution is 1.15. The zero-order chi connectivity index (χ0) is 29.4. The maximum Gasteiger partial charge on any atom is 0.115 e. The summed E-state index contributed by atoms with van der Waals surface area (Å²) in [6.45, 7) is 13.1. The van der Waals surface area contributed by atoms with Crippen LogP contribution in [-0.2, 0) is 0 Å². The smallest absolute Gasteiger partial charge is 0.115 e. The SMILES string of the molecule is Cc1c(-c2cncnc2)c(C)c(-c2c(C)c(-c3cncnc3)c(C)c(-c3cncnc3)c2C)c(C)c1-c1cncnc1. The average molecular weight is 551 g/mol. The quantitative estimate of drug-likeness (QED) is 0.225. The normalized spacial score (nSPS) is 11.1. The van der Waals surface area contributed by atoms with Gasteiger partial charge in [0.1, 0.15) is 25.3 Å². The molecule has 0 N–H and O–H groups in total. The van der Waals surface area contributed by atoms with Crippen molar-refractivity contribution in [1.82, 2.24) is 39.9 Å². The first-order valence-electron chi connectivity index (χ1n) is 13.7. The van der Waals surface area contributed by atoms with E-state index in [-0.39, 0.29) is 0 Å². The highest BCUT2D eigenvalue weighted by Crippen LogP contribution is 2.49. The Hall–Kier alpha value is -5.24. The van der Waals surface area contributed by atoms with E-state index < -0.39 is 0 Å². The van der Waals surface area contributed by atoms with Crippen LogP contribution in [0.5, 0.6) is 0 Å². The van der Waals surface area contributed by atoms with Crippen LogP contribution in [0.25, 0.3) is 55.6 Å². The molecular formula is C34H30N8. The average Bonchev–Trinajstić information content (AvgIpc) is 3.01. The van der Waals surface area contributed by atoms with Gasteiger partial charge >= 0.3 is 0 Å². The molecule has 6 aromatic rings. The van der Waals surface area contributed by atoms with Crippen LogP contribution in [0.4, 0.5) is 0 Å².